The quantitative estimate of drug-likeness (QED) is 0.148. The van der Waals surface area contributed by atoms with Crippen molar-refractivity contribution in [1.29, 1.82) is 0 Å². The van der Waals surface area contributed by atoms with Gasteiger partial charge in [-0.3, -0.25) is 0 Å². The second kappa shape index (κ2) is 17.8. The van der Waals surface area contributed by atoms with E-state index in [1.54, 1.807) is 0 Å². The predicted molar refractivity (Wildman–Crippen MR) is 332 cm³/mol. The van der Waals surface area contributed by atoms with Crippen LogP contribution in [0, 0.1) is 41.5 Å². The molecule has 0 amide bonds. The van der Waals surface area contributed by atoms with Crippen LogP contribution in [0.3, 0.4) is 0 Å². The number of nitrogens with zero attached hydrogens (tertiary/aromatic N) is 5. The topological polar surface area (TPSA) is 19.6 Å². The molecule has 0 unspecified atom stereocenters. The van der Waals surface area contributed by atoms with Crippen molar-refractivity contribution in [3.05, 3.63) is 264 Å². The molecule has 5 nitrogen and oxygen atoms in total. The van der Waals surface area contributed by atoms with Gasteiger partial charge in [-0.05, 0) is 0 Å². The molecule has 2 aliphatic rings. The van der Waals surface area contributed by atoms with E-state index in [1.165, 1.54) is 123 Å². The first kappa shape index (κ1) is 46.4. The number of fused-ring (bicyclic) bond motifs is 10. The van der Waals surface area contributed by atoms with Crippen LogP contribution in [0.4, 0.5) is 51.2 Å². The summed E-state index contributed by atoms with van der Waals surface area (Å²) in [4.78, 5) is 7.83. The van der Waals surface area contributed by atoms with Gasteiger partial charge < -0.3 is 0 Å². The Labute approximate surface area is 461 Å². The summed E-state index contributed by atoms with van der Waals surface area (Å²) in [6, 6.07) is 87.0. The van der Waals surface area contributed by atoms with Crippen molar-refractivity contribution in [3.63, 3.8) is 0 Å². The van der Waals surface area contributed by atoms with Crippen LogP contribution in [-0.2, 0) is 0 Å². The minimum atomic E-state index is -3.16. The molecule has 0 saturated heterocycles. The van der Waals surface area contributed by atoms with Gasteiger partial charge in [0.05, 0.1) is 0 Å². The maximum atomic E-state index is 2.68. The summed E-state index contributed by atoms with van der Waals surface area (Å²) in [6.45, 7) is 13.7. The van der Waals surface area contributed by atoms with Crippen LogP contribution >= 0.6 is 0 Å². The van der Waals surface area contributed by atoms with Gasteiger partial charge in [0.2, 0.25) is 0 Å². The molecular weight excluding hydrogens is 1000 g/mol. The molecule has 13 aromatic rings. The standard InChI is InChI=1S/C72H56N5.Ga/c1-48-39-50(3)71(51(4)40-48)74(56-27-21-29-58(43-56)76-67-35-17-13-31-63(67)64-32-14-18-36-68(64)76)61-45-60(73(54-23-9-7-10-24-54)55-25-11-8-12-26-55)46-62(47-61)75(72-52(5)41-49(2)42-53(72)6)57-28-22-30-59(44-57)77-69-37-19-15-33-65(69)66-34-16-20-38-70(66)77;/h7-26,29-46H,1-6H3;. The van der Waals surface area contributed by atoms with Gasteiger partial charge >= 0.3 is 464 Å². The fourth-order valence-corrected chi connectivity index (χ4v) is 21.4. The second-order valence-electron chi connectivity index (χ2n) is 21.7. The Kier molecular flexibility index (Phi) is 10.6. The van der Waals surface area contributed by atoms with Crippen molar-refractivity contribution in [2.45, 2.75) is 41.5 Å². The van der Waals surface area contributed by atoms with Crippen LogP contribution in [0.1, 0.15) is 33.4 Å². The zero-order chi connectivity index (χ0) is 52.5. The summed E-state index contributed by atoms with van der Waals surface area (Å²) in [5.41, 5.74) is 25.4. The van der Waals surface area contributed by atoms with Crippen molar-refractivity contribution in [2.24, 2.45) is 0 Å². The molecule has 0 N–H and O–H groups in total. The van der Waals surface area contributed by atoms with E-state index in [2.05, 4.69) is 296 Å². The third-order valence-corrected chi connectivity index (χ3v) is 23.8. The van der Waals surface area contributed by atoms with Gasteiger partial charge in [-0.2, -0.15) is 0 Å². The van der Waals surface area contributed by atoms with Gasteiger partial charge in [-0.25, -0.2) is 0 Å². The fraction of sp³-hybridized carbons (Fsp3) is 0.0833. The number of hydrogen-bond donors (Lipinski definition) is 0. The SMILES string of the molecule is Cc1cc(C)c(N2c3cc(-n4c5ccccc5c5ccccc54)cc[c]3[Ga]3[c]4ccc(-n5c6ccccc6c6ccccc65)cc4N(c4c(C)cc(C)cc4C)c4cc(N(c5ccccc5)c5ccccc5)cc2[c]43)c(C)c1. The minimum absolute atomic E-state index is 1.10. The average Bonchev–Trinajstić information content (AvgIpc) is 4.00. The van der Waals surface area contributed by atoms with Crippen LogP contribution < -0.4 is 27.1 Å². The van der Waals surface area contributed by atoms with E-state index in [0.717, 1.165) is 28.4 Å². The Morgan fingerprint density at radius 2 is 0.641 bits per heavy atom. The van der Waals surface area contributed by atoms with Crippen LogP contribution in [-0.4, -0.2) is 25.4 Å². The molecule has 11 aromatic carbocycles. The molecule has 372 valence electrons. The zero-order valence-electron chi connectivity index (χ0n) is 44.8. The first-order valence-corrected chi connectivity index (χ1v) is 30.9. The van der Waals surface area contributed by atoms with Crippen molar-refractivity contribution >= 4 is 123 Å². The summed E-state index contributed by atoms with van der Waals surface area (Å²) in [6.07, 6.45) is 0. The Bertz CT molecular complexity index is 4170. The summed E-state index contributed by atoms with van der Waals surface area (Å²) >= 11 is -3.16. The molecular formula is C72H56GaN5. The molecule has 2 aliphatic heterocycles. The molecule has 0 aliphatic carbocycles. The van der Waals surface area contributed by atoms with E-state index in [-0.39, 0.29) is 0 Å². The third-order valence-electron chi connectivity index (χ3n) is 16.7. The average molecular weight is 1060 g/mol. The van der Waals surface area contributed by atoms with E-state index in [4.69, 9.17) is 0 Å². The number of hydrogen-bond acceptors (Lipinski definition) is 3. The number of aryl methyl sites for hydroxylation is 6. The third kappa shape index (κ3) is 6.96. The first-order valence-electron chi connectivity index (χ1n) is 27.3. The van der Waals surface area contributed by atoms with Gasteiger partial charge in [-0.15, -0.1) is 0 Å². The monoisotopic (exact) mass is 1060 g/mol. The van der Waals surface area contributed by atoms with Crippen LogP contribution in [0.5, 0.6) is 0 Å². The summed E-state index contributed by atoms with van der Waals surface area (Å²) in [5, 5.41) is 5.03. The van der Waals surface area contributed by atoms with Crippen LogP contribution in [0.2, 0.25) is 0 Å². The van der Waals surface area contributed by atoms with Crippen molar-refractivity contribution in [2.75, 3.05) is 14.7 Å². The summed E-state index contributed by atoms with van der Waals surface area (Å²) in [5.74, 6) is 0. The second-order valence-corrected chi connectivity index (χ2v) is 27.4. The molecule has 0 bridgehead atoms. The molecule has 0 radical (unpaired) electrons. The molecule has 2 aromatic heterocycles. The predicted octanol–water partition coefficient (Wildman–Crippen LogP) is 17.3. The van der Waals surface area contributed by atoms with Crippen molar-refractivity contribution in [3.8, 4) is 11.4 Å². The Morgan fingerprint density at radius 1 is 0.308 bits per heavy atom. The Morgan fingerprint density at radius 3 is 1.00 bits per heavy atom. The molecule has 0 fully saturated rings. The zero-order valence-corrected chi connectivity index (χ0v) is 47.2. The van der Waals surface area contributed by atoms with Gasteiger partial charge in [0.15, 0.2) is 0 Å². The van der Waals surface area contributed by atoms with Gasteiger partial charge in [-0.1, -0.05) is 0 Å². The summed E-state index contributed by atoms with van der Waals surface area (Å²) < 4.78 is 9.37. The molecule has 0 atom stereocenters. The van der Waals surface area contributed by atoms with E-state index < -0.39 is 16.2 Å². The number of benzene rings is 11. The molecule has 78 heavy (non-hydrogen) atoms. The Hall–Kier alpha value is -8.94. The Balaban J connectivity index is 1.10. The van der Waals surface area contributed by atoms with Gasteiger partial charge in [0.25, 0.3) is 0 Å². The first-order chi connectivity index (χ1) is 38.2. The van der Waals surface area contributed by atoms with E-state index >= 15 is 0 Å². The normalized spacial score (nSPS) is 12.7. The van der Waals surface area contributed by atoms with Crippen molar-refractivity contribution in [1.82, 2.24) is 9.13 Å². The van der Waals surface area contributed by atoms with Crippen molar-refractivity contribution < 1.29 is 0 Å². The van der Waals surface area contributed by atoms with Gasteiger partial charge in [0, 0.05) is 0 Å². The molecule has 15 rings (SSSR count). The van der Waals surface area contributed by atoms with E-state index in [9.17, 15) is 0 Å². The molecule has 6 heteroatoms. The fourth-order valence-electron chi connectivity index (χ4n) is 13.9. The van der Waals surface area contributed by atoms with E-state index in [1.807, 2.05) is 0 Å². The molecule has 0 saturated carbocycles. The summed E-state index contributed by atoms with van der Waals surface area (Å²) in [7, 11) is 0. The number of aromatic nitrogens is 2. The molecule has 0 spiro atoms. The maximum absolute atomic E-state index is 3.16. The number of rotatable bonds is 7. The molecule has 4 heterocycles. The van der Waals surface area contributed by atoms with E-state index in [0.29, 0.717) is 0 Å². The number of para-hydroxylation sites is 6. The number of anilines is 9. The van der Waals surface area contributed by atoms with Crippen LogP contribution in [0.25, 0.3) is 55.0 Å². The van der Waals surface area contributed by atoms with Crippen LogP contribution in [0.15, 0.2) is 231 Å². The van der Waals surface area contributed by atoms with Gasteiger partial charge in [0.1, 0.15) is 0 Å².